The Morgan fingerprint density at radius 1 is 0.392 bits per heavy atom. The van der Waals surface area contributed by atoms with Crippen LogP contribution in [0, 0.1) is 0 Å². The molecule has 11 nitrogen and oxygen atoms in total. The van der Waals surface area contributed by atoms with Crippen LogP contribution in [0.25, 0.3) is 0 Å². The summed E-state index contributed by atoms with van der Waals surface area (Å²) in [6, 6.07) is 59.8. The number of benzene rings is 6. The summed E-state index contributed by atoms with van der Waals surface area (Å²) in [6.45, 7) is 6.13. The molecule has 0 saturated carbocycles. The zero-order valence-electron chi connectivity index (χ0n) is 43.2. The molecule has 1 N–H and O–H groups in total. The van der Waals surface area contributed by atoms with Crippen LogP contribution in [0.4, 0.5) is 0 Å². The highest BCUT2D eigenvalue weighted by atomic mass is 16.8. The Balaban J connectivity index is 1.16. The number of hydrogen-bond acceptors (Lipinski definition) is 11. The first-order valence-electron chi connectivity index (χ1n) is 26.6. The molecule has 6 aromatic rings. The maximum Gasteiger partial charge on any atom is 0.187 e. The van der Waals surface area contributed by atoms with E-state index in [1.807, 2.05) is 182 Å². The molecule has 2 aliphatic heterocycles. The molecular weight excluding hydrogens is 933 g/mol. The minimum Gasteiger partial charge on any atom is -0.384 e. The Hall–Kier alpha value is -5.12. The second-order valence-corrected chi connectivity index (χ2v) is 19.5. The summed E-state index contributed by atoms with van der Waals surface area (Å²) in [4.78, 5) is 0. The maximum absolute atomic E-state index is 13.2. The molecule has 0 spiro atoms. The van der Waals surface area contributed by atoms with Crippen molar-refractivity contribution in [3.8, 4) is 0 Å². The fraction of sp³-hybridized carbons (Fsp3) is 0.429. The highest BCUT2D eigenvalue weighted by Crippen LogP contribution is 2.39. The average Bonchev–Trinajstić information content (AvgIpc) is 3.44. The second-order valence-electron chi connectivity index (χ2n) is 19.5. The Labute approximate surface area is 438 Å². The van der Waals surface area contributed by atoms with Crippen molar-refractivity contribution in [2.24, 2.45) is 0 Å². The van der Waals surface area contributed by atoms with Gasteiger partial charge in [0.2, 0.25) is 0 Å². The summed E-state index contributed by atoms with van der Waals surface area (Å²) in [5.74, 6) is 0. The molecule has 0 bridgehead atoms. The summed E-state index contributed by atoms with van der Waals surface area (Å²) < 4.78 is 69.0. The standard InChI is InChI=1S/C63H76O11/c1-3-4-5-6-7-26-39-67-61-58(69-43-51-33-20-11-21-34-51)57(68-42-50-31-18-10-19-32-50)56(54(72-61)46-65-40-48-27-14-8-15-28-48)74-62-60(71-45-53-37-24-13-25-38-53)63(2,64)59(70-44-52-35-22-12-23-36-52)55(73-62)47-66-41-49-29-16-9-17-30-49/h8-25,27-38,54-62,64H,3-7,26,39-47H2,1-2H3/t54-,55-,56-,57+,58-,59+,60+,61-,62+,63+/m1/s1. The number of ether oxygens (including phenoxy) is 10. The molecule has 2 saturated heterocycles. The average molecular weight is 1010 g/mol. The topological polar surface area (TPSA) is 113 Å². The molecule has 6 aromatic carbocycles. The molecule has 74 heavy (non-hydrogen) atoms. The highest BCUT2D eigenvalue weighted by Gasteiger charge is 2.58. The lowest BCUT2D eigenvalue weighted by Gasteiger charge is -2.52. The first-order chi connectivity index (χ1) is 36.4. The molecular formula is C63H76O11. The Morgan fingerprint density at radius 2 is 0.770 bits per heavy atom. The van der Waals surface area contributed by atoms with Gasteiger partial charge in [-0.2, -0.15) is 0 Å². The minimum atomic E-state index is -1.70. The van der Waals surface area contributed by atoms with E-state index < -0.39 is 60.9 Å². The van der Waals surface area contributed by atoms with Crippen LogP contribution in [-0.2, 0) is 87.0 Å². The summed E-state index contributed by atoms with van der Waals surface area (Å²) >= 11 is 0. The third-order valence-electron chi connectivity index (χ3n) is 13.6. The van der Waals surface area contributed by atoms with Gasteiger partial charge in [0.05, 0.1) is 52.9 Å². The summed E-state index contributed by atoms with van der Waals surface area (Å²) in [6.07, 6.45) is -1.53. The van der Waals surface area contributed by atoms with E-state index >= 15 is 0 Å². The Bertz CT molecular complexity index is 2400. The monoisotopic (exact) mass is 1010 g/mol. The van der Waals surface area contributed by atoms with Gasteiger partial charge < -0.3 is 52.5 Å². The van der Waals surface area contributed by atoms with E-state index in [0.717, 1.165) is 52.6 Å². The fourth-order valence-electron chi connectivity index (χ4n) is 9.58. The highest BCUT2D eigenvalue weighted by molar-refractivity contribution is 5.18. The smallest absolute Gasteiger partial charge is 0.187 e. The normalized spacial score (nSPS) is 24.9. The predicted octanol–water partition coefficient (Wildman–Crippen LogP) is 11.7. The number of hydrogen-bond donors (Lipinski definition) is 1. The van der Waals surface area contributed by atoms with Crippen LogP contribution in [0.1, 0.15) is 85.8 Å². The van der Waals surface area contributed by atoms with E-state index in [-0.39, 0.29) is 39.6 Å². The summed E-state index contributed by atoms with van der Waals surface area (Å²) in [5.41, 5.74) is 4.12. The lowest BCUT2D eigenvalue weighted by molar-refractivity contribution is -0.387. The summed E-state index contributed by atoms with van der Waals surface area (Å²) in [7, 11) is 0. The van der Waals surface area contributed by atoms with Crippen molar-refractivity contribution in [2.45, 2.75) is 153 Å². The first kappa shape index (κ1) is 55.1. The number of aliphatic hydroxyl groups is 1. The van der Waals surface area contributed by atoms with Gasteiger partial charge in [0.25, 0.3) is 0 Å². The van der Waals surface area contributed by atoms with E-state index in [9.17, 15) is 5.11 Å². The van der Waals surface area contributed by atoms with E-state index in [4.69, 9.17) is 47.4 Å². The molecule has 11 heteroatoms. The molecule has 8 rings (SSSR count). The number of unbranched alkanes of at least 4 members (excludes halogenated alkanes) is 5. The lowest BCUT2D eigenvalue weighted by atomic mass is 9.85. The van der Waals surface area contributed by atoms with E-state index in [1.165, 1.54) is 19.3 Å². The lowest BCUT2D eigenvalue weighted by Crippen LogP contribution is -2.70. The van der Waals surface area contributed by atoms with Crippen LogP contribution < -0.4 is 0 Å². The van der Waals surface area contributed by atoms with Crippen molar-refractivity contribution in [1.82, 2.24) is 0 Å². The molecule has 394 valence electrons. The van der Waals surface area contributed by atoms with Crippen LogP contribution >= 0.6 is 0 Å². The van der Waals surface area contributed by atoms with Crippen molar-refractivity contribution >= 4 is 0 Å². The van der Waals surface area contributed by atoms with Crippen molar-refractivity contribution < 1.29 is 52.5 Å². The Morgan fingerprint density at radius 3 is 1.24 bits per heavy atom. The molecule has 0 aromatic heterocycles. The van der Waals surface area contributed by atoms with E-state index in [2.05, 4.69) is 6.92 Å². The van der Waals surface area contributed by atoms with Crippen LogP contribution in [0.2, 0.25) is 0 Å². The van der Waals surface area contributed by atoms with Crippen molar-refractivity contribution in [3.05, 3.63) is 215 Å². The molecule has 10 atom stereocenters. The van der Waals surface area contributed by atoms with Gasteiger partial charge in [-0.3, -0.25) is 0 Å². The van der Waals surface area contributed by atoms with Crippen molar-refractivity contribution in [3.63, 3.8) is 0 Å². The van der Waals surface area contributed by atoms with Gasteiger partial charge in [-0.15, -0.1) is 0 Å². The fourth-order valence-corrected chi connectivity index (χ4v) is 9.58. The molecule has 0 radical (unpaired) electrons. The van der Waals surface area contributed by atoms with Gasteiger partial charge in [0.1, 0.15) is 48.3 Å². The van der Waals surface area contributed by atoms with Gasteiger partial charge in [0.15, 0.2) is 12.6 Å². The molecule has 0 aliphatic carbocycles. The minimum absolute atomic E-state index is 0.0751. The third-order valence-corrected chi connectivity index (χ3v) is 13.6. The van der Waals surface area contributed by atoms with Crippen LogP contribution in [-0.4, -0.2) is 85.8 Å². The van der Waals surface area contributed by atoms with Gasteiger partial charge in [-0.25, -0.2) is 0 Å². The first-order valence-corrected chi connectivity index (χ1v) is 26.6. The molecule has 2 aliphatic rings. The van der Waals surface area contributed by atoms with E-state index in [0.29, 0.717) is 19.8 Å². The van der Waals surface area contributed by atoms with E-state index in [1.54, 1.807) is 6.92 Å². The van der Waals surface area contributed by atoms with Crippen molar-refractivity contribution in [2.75, 3.05) is 19.8 Å². The quantitative estimate of drug-likeness (QED) is 0.0435. The molecule has 0 amide bonds. The molecule has 0 unspecified atom stereocenters. The van der Waals surface area contributed by atoms with Crippen molar-refractivity contribution in [1.29, 1.82) is 0 Å². The largest absolute Gasteiger partial charge is 0.384 e. The zero-order valence-corrected chi connectivity index (χ0v) is 43.2. The zero-order chi connectivity index (χ0) is 51.1. The molecule has 2 fully saturated rings. The van der Waals surface area contributed by atoms with Crippen LogP contribution in [0.3, 0.4) is 0 Å². The SMILES string of the molecule is CCCCCCCCO[C@@H]1O[C@H](COCc2ccccc2)[C@@H](O[C@@H]2O[C@H](COCc3ccccc3)[C@H](OCc3ccccc3)[C@](C)(O)[C@H]2OCc2ccccc2)[C@H](OCc2ccccc2)[C@H]1OCc1ccccc1. The van der Waals surface area contributed by atoms with Crippen LogP contribution in [0.5, 0.6) is 0 Å². The summed E-state index contributed by atoms with van der Waals surface area (Å²) in [5, 5.41) is 13.2. The molecule has 2 heterocycles. The second kappa shape index (κ2) is 29.8. The predicted molar refractivity (Wildman–Crippen MR) is 284 cm³/mol. The van der Waals surface area contributed by atoms with Gasteiger partial charge in [0, 0.05) is 6.61 Å². The van der Waals surface area contributed by atoms with Crippen LogP contribution in [0.15, 0.2) is 182 Å². The maximum atomic E-state index is 13.2. The third kappa shape index (κ3) is 16.7. The van der Waals surface area contributed by atoms with Gasteiger partial charge in [-0.05, 0) is 46.7 Å². The Kier molecular flexibility index (Phi) is 22.2. The van der Waals surface area contributed by atoms with Gasteiger partial charge >= 0.3 is 0 Å². The van der Waals surface area contributed by atoms with Gasteiger partial charge in [-0.1, -0.05) is 221 Å². The number of rotatable bonds is 30.